The highest BCUT2D eigenvalue weighted by Gasteiger charge is 2.24. The van der Waals surface area contributed by atoms with Gasteiger partial charge >= 0.3 is 0 Å². The van der Waals surface area contributed by atoms with Gasteiger partial charge in [0, 0.05) is 11.6 Å². The number of hydrogen-bond donors (Lipinski definition) is 1. The first-order chi connectivity index (χ1) is 11.3. The van der Waals surface area contributed by atoms with Gasteiger partial charge in [0.05, 0.1) is 16.1 Å². The summed E-state index contributed by atoms with van der Waals surface area (Å²) < 4.78 is 5.87. The normalized spacial score (nSPS) is 12.2. The predicted octanol–water partition coefficient (Wildman–Crippen LogP) is 3.96. The van der Waals surface area contributed by atoms with Gasteiger partial charge in [-0.1, -0.05) is 24.4 Å². The molecule has 1 aromatic heterocycles. The molecule has 4 nitrogen and oxygen atoms in total. The molecule has 0 saturated heterocycles. The lowest BCUT2D eigenvalue weighted by molar-refractivity contribution is -0.129. The third-order valence-corrected chi connectivity index (χ3v) is 3.64. The van der Waals surface area contributed by atoms with E-state index < -0.39 is 11.6 Å². The van der Waals surface area contributed by atoms with Gasteiger partial charge in [-0.2, -0.15) is 0 Å². The summed E-state index contributed by atoms with van der Waals surface area (Å²) in [4.78, 5) is 16.7. The maximum absolute atomic E-state index is 12.4. The fraction of sp³-hybridized carbons (Fsp3) is 0.368. The van der Waals surface area contributed by atoms with Crippen LogP contribution in [0, 0.1) is 11.8 Å². The lowest BCUT2D eigenvalue weighted by atomic mass is 10.1. The van der Waals surface area contributed by atoms with Crippen molar-refractivity contribution in [2.75, 3.05) is 0 Å². The van der Waals surface area contributed by atoms with E-state index in [1.54, 1.807) is 19.2 Å². The molecule has 2 aromatic rings. The summed E-state index contributed by atoms with van der Waals surface area (Å²) in [6.45, 7) is 7.37. The van der Waals surface area contributed by atoms with Gasteiger partial charge in [-0.15, -0.1) is 5.92 Å². The van der Waals surface area contributed by atoms with Gasteiger partial charge in [0.1, 0.15) is 5.75 Å². The second-order valence-corrected chi connectivity index (χ2v) is 6.45. The minimum absolute atomic E-state index is 0.186. The van der Waals surface area contributed by atoms with Crippen LogP contribution >= 0.6 is 11.6 Å². The second-order valence-electron chi connectivity index (χ2n) is 6.01. The number of hydrogen-bond acceptors (Lipinski definition) is 3. The molecule has 1 aromatic carbocycles. The average molecular weight is 345 g/mol. The Bertz CT molecular complexity index is 806. The van der Waals surface area contributed by atoms with Crippen molar-refractivity contribution < 1.29 is 9.53 Å². The van der Waals surface area contributed by atoms with Crippen LogP contribution in [0.25, 0.3) is 10.9 Å². The van der Waals surface area contributed by atoms with E-state index in [1.165, 1.54) is 0 Å². The molecule has 0 aliphatic rings. The van der Waals surface area contributed by atoms with Crippen LogP contribution < -0.4 is 10.1 Å². The number of nitrogens with zero attached hydrogens (tertiary/aromatic N) is 1. The molecule has 0 aliphatic heterocycles. The van der Waals surface area contributed by atoms with Crippen molar-refractivity contribution in [1.29, 1.82) is 0 Å². The second kappa shape index (κ2) is 7.55. The molecule has 5 heteroatoms. The molecule has 1 heterocycles. The van der Waals surface area contributed by atoms with Crippen molar-refractivity contribution in [3.05, 3.63) is 35.5 Å². The molecule has 0 bridgehead atoms. The molecule has 24 heavy (non-hydrogen) atoms. The number of nitrogens with one attached hydrogen (secondary N) is 1. The maximum atomic E-state index is 12.4. The van der Waals surface area contributed by atoms with E-state index in [1.807, 2.05) is 39.0 Å². The van der Waals surface area contributed by atoms with Crippen LogP contribution in [0.4, 0.5) is 0 Å². The SMILES string of the molecule is CC#CC(C)(C)NC(=O)C(CC)Oc1ccc2ncc(Cl)cc2c1. The van der Waals surface area contributed by atoms with Crippen molar-refractivity contribution in [2.24, 2.45) is 0 Å². The number of ether oxygens (including phenoxy) is 1. The van der Waals surface area contributed by atoms with E-state index in [0.717, 1.165) is 10.9 Å². The van der Waals surface area contributed by atoms with E-state index >= 15 is 0 Å². The van der Waals surface area contributed by atoms with Gasteiger partial charge < -0.3 is 10.1 Å². The zero-order valence-corrected chi connectivity index (χ0v) is 15.1. The Morgan fingerprint density at radius 1 is 1.42 bits per heavy atom. The summed E-state index contributed by atoms with van der Waals surface area (Å²) in [6, 6.07) is 7.30. The fourth-order valence-electron chi connectivity index (χ4n) is 2.37. The minimum atomic E-state index is -0.594. The summed E-state index contributed by atoms with van der Waals surface area (Å²) >= 11 is 5.98. The number of pyridine rings is 1. The summed E-state index contributed by atoms with van der Waals surface area (Å²) in [7, 11) is 0. The van der Waals surface area contributed by atoms with Gasteiger partial charge in [-0.25, -0.2) is 0 Å². The highest BCUT2D eigenvalue weighted by molar-refractivity contribution is 6.31. The Morgan fingerprint density at radius 2 is 2.17 bits per heavy atom. The molecule has 2 rings (SSSR count). The van der Waals surface area contributed by atoms with E-state index in [-0.39, 0.29) is 5.91 Å². The fourth-order valence-corrected chi connectivity index (χ4v) is 2.54. The monoisotopic (exact) mass is 344 g/mol. The smallest absolute Gasteiger partial charge is 0.262 e. The molecule has 0 spiro atoms. The van der Waals surface area contributed by atoms with Gasteiger partial charge in [-0.3, -0.25) is 9.78 Å². The minimum Gasteiger partial charge on any atom is -0.481 e. The van der Waals surface area contributed by atoms with Gasteiger partial charge in [0.2, 0.25) is 0 Å². The van der Waals surface area contributed by atoms with Crippen molar-refractivity contribution in [1.82, 2.24) is 10.3 Å². The van der Waals surface area contributed by atoms with Crippen LogP contribution in [0.5, 0.6) is 5.75 Å². The number of carbonyl (C=O) groups is 1. The number of carbonyl (C=O) groups excluding carboxylic acids is 1. The van der Waals surface area contributed by atoms with Crippen molar-refractivity contribution in [3.8, 4) is 17.6 Å². The van der Waals surface area contributed by atoms with Gasteiger partial charge in [0.15, 0.2) is 6.10 Å². The lowest BCUT2D eigenvalue weighted by Crippen LogP contribution is -2.48. The van der Waals surface area contributed by atoms with Gasteiger partial charge in [0.25, 0.3) is 5.91 Å². The largest absolute Gasteiger partial charge is 0.481 e. The topological polar surface area (TPSA) is 51.2 Å². The standard InChI is InChI=1S/C19H21ClN2O2/c1-5-9-19(3,4)22-18(23)17(6-2)24-15-7-8-16-13(11-15)10-14(20)12-21-16/h7-8,10-12,17H,6H2,1-4H3,(H,22,23). The molecule has 0 fully saturated rings. The highest BCUT2D eigenvalue weighted by Crippen LogP contribution is 2.23. The third kappa shape index (κ3) is 4.62. The average Bonchev–Trinajstić information content (AvgIpc) is 2.51. The van der Waals surface area contributed by atoms with Crippen LogP contribution in [-0.2, 0) is 4.79 Å². The summed E-state index contributed by atoms with van der Waals surface area (Å²) in [6.07, 6.45) is 1.56. The Labute approximate surface area is 147 Å². The van der Waals surface area contributed by atoms with Crippen molar-refractivity contribution in [2.45, 2.75) is 45.8 Å². The number of rotatable bonds is 5. The molecule has 1 atom stereocenters. The molecular weight excluding hydrogens is 324 g/mol. The molecule has 0 saturated carbocycles. The first kappa shape index (κ1) is 18.1. The lowest BCUT2D eigenvalue weighted by Gasteiger charge is -2.24. The van der Waals surface area contributed by atoms with Crippen LogP contribution in [0.2, 0.25) is 5.02 Å². The first-order valence-electron chi connectivity index (χ1n) is 7.82. The quantitative estimate of drug-likeness (QED) is 0.835. The summed E-state index contributed by atoms with van der Waals surface area (Å²) in [5.41, 5.74) is 0.229. The molecule has 1 unspecified atom stereocenters. The molecule has 126 valence electrons. The predicted molar refractivity (Wildman–Crippen MR) is 97.1 cm³/mol. The summed E-state index contributed by atoms with van der Waals surface area (Å²) in [5.74, 6) is 6.20. The molecule has 0 aliphatic carbocycles. The number of halogens is 1. The van der Waals surface area contributed by atoms with Crippen molar-refractivity contribution >= 4 is 28.4 Å². The molecule has 0 radical (unpaired) electrons. The first-order valence-corrected chi connectivity index (χ1v) is 8.20. The third-order valence-electron chi connectivity index (χ3n) is 3.43. The van der Waals surface area contributed by atoms with Crippen LogP contribution in [-0.4, -0.2) is 22.5 Å². The Balaban J connectivity index is 2.17. The van der Waals surface area contributed by atoms with Crippen LogP contribution in [0.15, 0.2) is 30.5 Å². The Morgan fingerprint density at radius 3 is 2.83 bits per heavy atom. The molecular formula is C19H21ClN2O2. The maximum Gasteiger partial charge on any atom is 0.262 e. The number of fused-ring (bicyclic) bond motifs is 1. The number of benzene rings is 1. The van der Waals surface area contributed by atoms with E-state index in [0.29, 0.717) is 17.2 Å². The number of amides is 1. The zero-order valence-electron chi connectivity index (χ0n) is 14.3. The van der Waals surface area contributed by atoms with Crippen LogP contribution in [0.3, 0.4) is 0 Å². The molecule has 1 N–H and O–H groups in total. The Kier molecular flexibility index (Phi) is 5.69. The zero-order chi connectivity index (χ0) is 17.7. The van der Waals surface area contributed by atoms with Crippen molar-refractivity contribution in [3.63, 3.8) is 0 Å². The summed E-state index contributed by atoms with van der Waals surface area (Å²) in [5, 5.41) is 4.33. The number of aromatic nitrogens is 1. The van der Waals surface area contributed by atoms with Crippen LogP contribution in [0.1, 0.15) is 34.1 Å². The van der Waals surface area contributed by atoms with Gasteiger partial charge in [-0.05, 0) is 51.5 Å². The van der Waals surface area contributed by atoms with E-state index in [2.05, 4.69) is 22.1 Å². The highest BCUT2D eigenvalue weighted by atomic mass is 35.5. The van der Waals surface area contributed by atoms with E-state index in [4.69, 9.17) is 16.3 Å². The van der Waals surface area contributed by atoms with E-state index in [9.17, 15) is 4.79 Å². The molecule has 1 amide bonds. The Hall–Kier alpha value is -2.25.